The van der Waals surface area contributed by atoms with E-state index in [4.69, 9.17) is 13.9 Å². The maximum absolute atomic E-state index is 12.2. The standard InChI is InChI=1S/C23H44O4Si/c1-9-12-13-14-18-15-16-20(27-28(7,8)23(4,5)6)21(19(18)17-24)22(25-10-2)26-11-3/h17,20-22H,9-16H2,1-8H3/t20-,21-/m0/s1. The highest BCUT2D eigenvalue weighted by atomic mass is 28.4. The number of allylic oxidation sites excluding steroid dienone is 1. The van der Waals surface area contributed by atoms with Crippen LogP contribution in [0.15, 0.2) is 11.1 Å². The SMILES string of the molecule is CCCCCC1=C(C=O)[C@H](C(OCC)OCC)[C@@H](O[Si](C)(C)C(C)(C)C)CC1. The average Bonchev–Trinajstić information content (AvgIpc) is 2.61. The summed E-state index contributed by atoms with van der Waals surface area (Å²) in [5.74, 6) is -0.142. The van der Waals surface area contributed by atoms with Crippen LogP contribution < -0.4 is 0 Å². The highest BCUT2D eigenvalue weighted by molar-refractivity contribution is 6.74. The summed E-state index contributed by atoms with van der Waals surface area (Å²) in [6.45, 7) is 18.6. The zero-order valence-electron chi connectivity index (χ0n) is 19.6. The van der Waals surface area contributed by atoms with Crippen molar-refractivity contribution in [2.24, 2.45) is 5.92 Å². The van der Waals surface area contributed by atoms with Crippen LogP contribution in [0.2, 0.25) is 18.1 Å². The Kier molecular flexibility index (Phi) is 10.6. The predicted octanol–water partition coefficient (Wildman–Crippen LogP) is 6.26. The van der Waals surface area contributed by atoms with Crippen molar-refractivity contribution in [3.8, 4) is 0 Å². The van der Waals surface area contributed by atoms with Crippen LogP contribution in [0, 0.1) is 5.92 Å². The average molecular weight is 413 g/mol. The van der Waals surface area contributed by atoms with E-state index in [1.54, 1.807) is 0 Å². The van der Waals surface area contributed by atoms with Crippen molar-refractivity contribution in [1.82, 2.24) is 0 Å². The fraction of sp³-hybridized carbons (Fsp3) is 0.870. The van der Waals surface area contributed by atoms with E-state index >= 15 is 0 Å². The fourth-order valence-electron chi connectivity index (χ4n) is 3.69. The molecule has 2 atom stereocenters. The Labute approximate surface area is 174 Å². The van der Waals surface area contributed by atoms with E-state index in [0.717, 1.165) is 37.5 Å². The molecule has 164 valence electrons. The van der Waals surface area contributed by atoms with Gasteiger partial charge in [0.1, 0.15) is 6.29 Å². The quantitative estimate of drug-likeness (QED) is 0.164. The molecule has 0 saturated carbocycles. The third kappa shape index (κ3) is 6.79. The second-order valence-electron chi connectivity index (χ2n) is 9.39. The van der Waals surface area contributed by atoms with E-state index in [1.165, 1.54) is 18.4 Å². The van der Waals surface area contributed by atoms with Crippen molar-refractivity contribution in [1.29, 1.82) is 0 Å². The molecule has 0 radical (unpaired) electrons. The predicted molar refractivity (Wildman–Crippen MR) is 119 cm³/mol. The lowest BCUT2D eigenvalue weighted by Gasteiger charge is -2.45. The summed E-state index contributed by atoms with van der Waals surface area (Å²) in [4.78, 5) is 12.2. The lowest BCUT2D eigenvalue weighted by molar-refractivity contribution is -0.178. The van der Waals surface area contributed by atoms with Crippen LogP contribution in [-0.2, 0) is 18.7 Å². The third-order valence-corrected chi connectivity index (χ3v) is 10.8. The number of carbonyl (C=O) groups excluding carboxylic acids is 1. The van der Waals surface area contributed by atoms with Crippen molar-refractivity contribution in [2.45, 2.75) is 111 Å². The maximum atomic E-state index is 12.2. The normalized spacial score (nSPS) is 21.5. The molecule has 0 aromatic rings. The molecule has 0 bridgehead atoms. The first-order chi connectivity index (χ1) is 13.1. The van der Waals surface area contributed by atoms with Crippen molar-refractivity contribution in [3.05, 3.63) is 11.1 Å². The molecular formula is C23H44O4Si. The van der Waals surface area contributed by atoms with Crippen molar-refractivity contribution in [3.63, 3.8) is 0 Å². The molecule has 0 heterocycles. The molecule has 0 fully saturated rings. The Morgan fingerprint density at radius 3 is 2.18 bits per heavy atom. The Hall–Kier alpha value is -0.493. The highest BCUT2D eigenvalue weighted by Gasteiger charge is 2.45. The van der Waals surface area contributed by atoms with Gasteiger partial charge >= 0.3 is 0 Å². The lowest BCUT2D eigenvalue weighted by Crippen LogP contribution is -2.50. The topological polar surface area (TPSA) is 44.8 Å². The summed E-state index contributed by atoms with van der Waals surface area (Å²) >= 11 is 0. The Bertz CT molecular complexity index is 501. The molecule has 0 amide bonds. The number of hydrogen-bond acceptors (Lipinski definition) is 4. The van der Waals surface area contributed by atoms with E-state index < -0.39 is 14.6 Å². The number of hydrogen-bond donors (Lipinski definition) is 0. The molecule has 1 aliphatic rings. The maximum Gasteiger partial charge on any atom is 0.192 e. The molecule has 0 unspecified atom stereocenters. The van der Waals surface area contributed by atoms with E-state index in [0.29, 0.717) is 13.2 Å². The molecule has 0 aliphatic heterocycles. The lowest BCUT2D eigenvalue weighted by atomic mass is 9.79. The summed E-state index contributed by atoms with van der Waals surface area (Å²) in [6.07, 6.45) is 7.00. The van der Waals surface area contributed by atoms with E-state index in [1.807, 2.05) is 13.8 Å². The molecule has 0 aromatic carbocycles. The number of aldehydes is 1. The number of ether oxygens (including phenoxy) is 2. The minimum absolute atomic E-state index is 0.0286. The Morgan fingerprint density at radius 2 is 1.71 bits per heavy atom. The van der Waals surface area contributed by atoms with Crippen LogP contribution in [0.25, 0.3) is 0 Å². The van der Waals surface area contributed by atoms with Crippen LogP contribution in [0.3, 0.4) is 0 Å². The van der Waals surface area contributed by atoms with Gasteiger partial charge in [-0.1, -0.05) is 46.1 Å². The summed E-state index contributed by atoms with van der Waals surface area (Å²) in [7, 11) is -1.97. The van der Waals surface area contributed by atoms with Gasteiger partial charge in [-0.15, -0.1) is 0 Å². The van der Waals surface area contributed by atoms with Gasteiger partial charge in [0.15, 0.2) is 14.6 Å². The van der Waals surface area contributed by atoms with Crippen LogP contribution in [0.1, 0.15) is 80.1 Å². The van der Waals surface area contributed by atoms with Gasteiger partial charge in [0.2, 0.25) is 0 Å². The monoisotopic (exact) mass is 412 g/mol. The Morgan fingerprint density at radius 1 is 1.11 bits per heavy atom. The first-order valence-corrected chi connectivity index (χ1v) is 14.1. The molecule has 0 spiro atoms. The van der Waals surface area contributed by atoms with Gasteiger partial charge < -0.3 is 13.9 Å². The molecule has 4 nitrogen and oxygen atoms in total. The van der Waals surface area contributed by atoms with Crippen molar-refractivity contribution in [2.75, 3.05) is 13.2 Å². The first kappa shape index (κ1) is 25.5. The molecule has 0 N–H and O–H groups in total. The molecule has 1 aliphatic carbocycles. The summed E-state index contributed by atoms with van der Waals surface area (Å²) in [5, 5.41) is 0.122. The summed E-state index contributed by atoms with van der Waals surface area (Å²) in [5.41, 5.74) is 2.16. The largest absolute Gasteiger partial charge is 0.413 e. The van der Waals surface area contributed by atoms with E-state index in [-0.39, 0.29) is 17.1 Å². The summed E-state index contributed by atoms with van der Waals surface area (Å²) in [6, 6.07) is 0. The fourth-order valence-corrected chi connectivity index (χ4v) is 5.06. The van der Waals surface area contributed by atoms with Gasteiger partial charge in [-0.2, -0.15) is 0 Å². The van der Waals surface area contributed by atoms with E-state index in [2.05, 4.69) is 40.8 Å². The van der Waals surface area contributed by atoms with Crippen LogP contribution in [0.4, 0.5) is 0 Å². The smallest absolute Gasteiger partial charge is 0.192 e. The number of unbranched alkanes of at least 4 members (excludes halogenated alkanes) is 2. The third-order valence-electron chi connectivity index (χ3n) is 6.31. The van der Waals surface area contributed by atoms with Gasteiger partial charge in [-0.05, 0) is 57.7 Å². The first-order valence-electron chi connectivity index (χ1n) is 11.2. The second-order valence-corrected chi connectivity index (χ2v) is 14.2. The minimum atomic E-state index is -1.97. The van der Waals surface area contributed by atoms with E-state index in [9.17, 15) is 4.79 Å². The van der Waals surface area contributed by atoms with Gasteiger partial charge in [0, 0.05) is 18.8 Å². The highest BCUT2D eigenvalue weighted by Crippen LogP contribution is 2.43. The van der Waals surface area contributed by atoms with Crippen molar-refractivity contribution >= 4 is 14.6 Å². The zero-order chi connectivity index (χ0) is 21.4. The molecule has 0 aromatic heterocycles. The van der Waals surface area contributed by atoms with Gasteiger partial charge in [-0.25, -0.2) is 0 Å². The van der Waals surface area contributed by atoms with Crippen LogP contribution >= 0.6 is 0 Å². The zero-order valence-corrected chi connectivity index (χ0v) is 20.6. The van der Waals surface area contributed by atoms with Gasteiger partial charge in [0.25, 0.3) is 0 Å². The van der Waals surface area contributed by atoms with Crippen molar-refractivity contribution < 1.29 is 18.7 Å². The second kappa shape index (κ2) is 11.6. The van der Waals surface area contributed by atoms with Gasteiger partial charge in [0.05, 0.1) is 12.0 Å². The molecule has 0 saturated heterocycles. The number of carbonyl (C=O) groups is 1. The van der Waals surface area contributed by atoms with Gasteiger partial charge in [-0.3, -0.25) is 4.79 Å². The molecule has 5 heteroatoms. The van der Waals surface area contributed by atoms with Crippen LogP contribution in [0.5, 0.6) is 0 Å². The molecular weight excluding hydrogens is 368 g/mol. The molecule has 28 heavy (non-hydrogen) atoms. The number of rotatable bonds is 12. The van der Waals surface area contributed by atoms with Crippen LogP contribution in [-0.4, -0.2) is 40.2 Å². The Balaban J connectivity index is 3.26. The summed E-state index contributed by atoms with van der Waals surface area (Å²) < 4.78 is 18.8. The molecule has 1 rings (SSSR count). The minimum Gasteiger partial charge on any atom is -0.413 e.